The van der Waals surface area contributed by atoms with E-state index in [0.717, 1.165) is 19.5 Å². The van der Waals surface area contributed by atoms with Gasteiger partial charge >= 0.3 is 0 Å². The molecule has 0 saturated carbocycles. The predicted molar refractivity (Wildman–Crippen MR) is 68.5 cm³/mol. The third-order valence-corrected chi connectivity index (χ3v) is 3.11. The second-order valence-electron chi connectivity index (χ2n) is 4.32. The number of aryl methyl sites for hydroxylation is 1. The van der Waals surface area contributed by atoms with Gasteiger partial charge in [0.1, 0.15) is 0 Å². The first kappa shape index (κ1) is 11.4. The Morgan fingerprint density at radius 3 is 3.00 bits per heavy atom. The molecule has 1 aliphatic rings. The van der Waals surface area contributed by atoms with Gasteiger partial charge in [0.15, 0.2) is 0 Å². The molecule has 0 bridgehead atoms. The number of hydrogen-bond donors (Lipinski definition) is 3. The van der Waals surface area contributed by atoms with Gasteiger partial charge in [-0.25, -0.2) is 5.43 Å². The highest BCUT2D eigenvalue weighted by Crippen LogP contribution is 2.14. The van der Waals surface area contributed by atoms with E-state index < -0.39 is 0 Å². The van der Waals surface area contributed by atoms with Crippen LogP contribution in [0.5, 0.6) is 0 Å². The molecule has 1 atom stereocenters. The number of hydrazine groups is 1. The van der Waals surface area contributed by atoms with Crippen LogP contribution < -0.4 is 16.2 Å². The van der Waals surface area contributed by atoms with Crippen LogP contribution in [0.3, 0.4) is 0 Å². The number of benzene rings is 1. The van der Waals surface area contributed by atoms with Crippen LogP contribution in [0.1, 0.15) is 25.3 Å². The van der Waals surface area contributed by atoms with Crippen LogP contribution in [0.2, 0.25) is 0 Å². The van der Waals surface area contributed by atoms with Gasteiger partial charge in [0.2, 0.25) is 0 Å². The lowest BCUT2D eigenvalue weighted by Crippen LogP contribution is -2.45. The van der Waals surface area contributed by atoms with Crippen molar-refractivity contribution in [2.75, 3.05) is 18.5 Å². The number of hydrogen-bond acceptors (Lipinski definition) is 3. The summed E-state index contributed by atoms with van der Waals surface area (Å²) in [5, 5.41) is 3.40. The van der Waals surface area contributed by atoms with E-state index in [1.807, 2.05) is 0 Å². The molecule has 1 unspecified atom stereocenters. The Labute approximate surface area is 97.6 Å². The second kappa shape index (κ2) is 5.87. The zero-order chi connectivity index (χ0) is 11.2. The Hall–Kier alpha value is -1.06. The smallest absolute Gasteiger partial charge is 0.0519 e. The van der Waals surface area contributed by atoms with Crippen LogP contribution in [-0.4, -0.2) is 19.1 Å². The summed E-state index contributed by atoms with van der Waals surface area (Å²) in [7, 11) is 0. The standard InChI is InChI=1S/C13H21N3/c1-2-11-6-3-4-8-13(11)16-15-12-7-5-9-14-10-12/h3-4,6,8,12,14-16H,2,5,7,9-10H2,1H3. The average molecular weight is 219 g/mol. The number of para-hydroxylation sites is 1. The van der Waals surface area contributed by atoms with Crippen LogP contribution in [-0.2, 0) is 6.42 Å². The van der Waals surface area contributed by atoms with Crippen molar-refractivity contribution in [3.63, 3.8) is 0 Å². The van der Waals surface area contributed by atoms with Gasteiger partial charge in [-0.1, -0.05) is 25.1 Å². The molecule has 0 radical (unpaired) electrons. The molecule has 0 aliphatic carbocycles. The van der Waals surface area contributed by atoms with E-state index in [2.05, 4.69) is 47.4 Å². The van der Waals surface area contributed by atoms with Crippen molar-refractivity contribution in [1.82, 2.24) is 10.7 Å². The molecule has 16 heavy (non-hydrogen) atoms. The molecule has 1 heterocycles. The fourth-order valence-corrected chi connectivity index (χ4v) is 2.11. The predicted octanol–water partition coefficient (Wildman–Crippen LogP) is 1.92. The summed E-state index contributed by atoms with van der Waals surface area (Å²) in [6.07, 6.45) is 3.57. The zero-order valence-corrected chi connectivity index (χ0v) is 9.92. The van der Waals surface area contributed by atoms with E-state index in [9.17, 15) is 0 Å². The average Bonchev–Trinajstić information content (AvgIpc) is 2.38. The summed E-state index contributed by atoms with van der Waals surface area (Å²) >= 11 is 0. The van der Waals surface area contributed by atoms with E-state index in [1.165, 1.54) is 24.1 Å². The fourth-order valence-electron chi connectivity index (χ4n) is 2.11. The van der Waals surface area contributed by atoms with Crippen molar-refractivity contribution in [1.29, 1.82) is 0 Å². The summed E-state index contributed by atoms with van der Waals surface area (Å²) in [6.45, 7) is 4.40. The van der Waals surface area contributed by atoms with Gasteiger partial charge in [-0.05, 0) is 37.4 Å². The Morgan fingerprint density at radius 1 is 1.38 bits per heavy atom. The lowest BCUT2D eigenvalue weighted by Gasteiger charge is -2.25. The Morgan fingerprint density at radius 2 is 2.25 bits per heavy atom. The minimum absolute atomic E-state index is 0.540. The molecule has 88 valence electrons. The highest BCUT2D eigenvalue weighted by Gasteiger charge is 2.11. The van der Waals surface area contributed by atoms with Gasteiger partial charge in [0.05, 0.1) is 5.69 Å². The molecule has 1 saturated heterocycles. The van der Waals surface area contributed by atoms with Crippen molar-refractivity contribution in [3.05, 3.63) is 29.8 Å². The van der Waals surface area contributed by atoms with Crippen molar-refractivity contribution < 1.29 is 0 Å². The van der Waals surface area contributed by atoms with E-state index >= 15 is 0 Å². The molecule has 1 fully saturated rings. The molecular weight excluding hydrogens is 198 g/mol. The molecule has 1 aliphatic heterocycles. The van der Waals surface area contributed by atoms with Crippen molar-refractivity contribution in [2.24, 2.45) is 0 Å². The van der Waals surface area contributed by atoms with Gasteiger partial charge in [-0.3, -0.25) is 0 Å². The quantitative estimate of drug-likeness (QED) is 0.677. The summed E-state index contributed by atoms with van der Waals surface area (Å²) in [4.78, 5) is 0. The molecule has 2 rings (SSSR count). The fraction of sp³-hybridized carbons (Fsp3) is 0.538. The van der Waals surface area contributed by atoms with E-state index in [0.29, 0.717) is 6.04 Å². The molecule has 1 aromatic rings. The van der Waals surface area contributed by atoms with E-state index in [-0.39, 0.29) is 0 Å². The van der Waals surface area contributed by atoms with Crippen LogP contribution in [0.25, 0.3) is 0 Å². The molecule has 3 nitrogen and oxygen atoms in total. The van der Waals surface area contributed by atoms with E-state index in [1.54, 1.807) is 0 Å². The zero-order valence-electron chi connectivity index (χ0n) is 9.92. The number of piperidine rings is 1. The number of anilines is 1. The summed E-state index contributed by atoms with van der Waals surface area (Å²) in [5.41, 5.74) is 9.31. The Bertz CT molecular complexity index is 319. The van der Waals surface area contributed by atoms with Gasteiger partial charge in [-0.15, -0.1) is 0 Å². The highest BCUT2D eigenvalue weighted by molar-refractivity contribution is 5.50. The van der Waals surface area contributed by atoms with Crippen molar-refractivity contribution >= 4 is 5.69 Å². The topological polar surface area (TPSA) is 36.1 Å². The minimum Gasteiger partial charge on any atom is -0.321 e. The number of nitrogens with one attached hydrogen (secondary N) is 3. The Kier molecular flexibility index (Phi) is 4.19. The van der Waals surface area contributed by atoms with Gasteiger partial charge < -0.3 is 10.7 Å². The molecule has 0 aromatic heterocycles. The highest BCUT2D eigenvalue weighted by atomic mass is 15.4. The Balaban J connectivity index is 1.88. The lowest BCUT2D eigenvalue weighted by molar-refractivity contribution is 0.410. The molecular formula is C13H21N3. The minimum atomic E-state index is 0.540. The maximum absolute atomic E-state index is 3.40. The molecule has 0 amide bonds. The molecule has 0 spiro atoms. The summed E-state index contributed by atoms with van der Waals surface area (Å²) in [6, 6.07) is 9.00. The third kappa shape index (κ3) is 2.97. The van der Waals surface area contributed by atoms with Gasteiger partial charge in [-0.2, -0.15) is 0 Å². The first-order chi connectivity index (χ1) is 7.90. The van der Waals surface area contributed by atoms with Crippen LogP contribution in [0.4, 0.5) is 5.69 Å². The molecule has 3 N–H and O–H groups in total. The largest absolute Gasteiger partial charge is 0.321 e. The molecule has 3 heteroatoms. The van der Waals surface area contributed by atoms with Crippen molar-refractivity contribution in [2.45, 2.75) is 32.2 Å². The lowest BCUT2D eigenvalue weighted by atomic mass is 10.1. The van der Waals surface area contributed by atoms with Gasteiger partial charge in [0, 0.05) is 12.6 Å². The molecule has 1 aromatic carbocycles. The van der Waals surface area contributed by atoms with Gasteiger partial charge in [0.25, 0.3) is 0 Å². The van der Waals surface area contributed by atoms with Crippen LogP contribution >= 0.6 is 0 Å². The second-order valence-corrected chi connectivity index (χ2v) is 4.32. The number of rotatable bonds is 4. The van der Waals surface area contributed by atoms with Crippen LogP contribution in [0.15, 0.2) is 24.3 Å². The monoisotopic (exact) mass is 219 g/mol. The summed E-state index contributed by atoms with van der Waals surface area (Å²) in [5.74, 6) is 0. The van der Waals surface area contributed by atoms with E-state index in [4.69, 9.17) is 0 Å². The summed E-state index contributed by atoms with van der Waals surface area (Å²) < 4.78 is 0. The normalized spacial score (nSPS) is 20.7. The first-order valence-electron chi connectivity index (χ1n) is 6.20. The van der Waals surface area contributed by atoms with Crippen LogP contribution in [0, 0.1) is 0 Å². The van der Waals surface area contributed by atoms with Crippen molar-refractivity contribution in [3.8, 4) is 0 Å². The SMILES string of the molecule is CCc1ccccc1NNC1CCCNC1. The third-order valence-electron chi connectivity index (χ3n) is 3.11. The maximum atomic E-state index is 3.40. The maximum Gasteiger partial charge on any atom is 0.0519 e. The first-order valence-corrected chi connectivity index (χ1v) is 6.20.